The fourth-order valence-electron chi connectivity index (χ4n) is 3.45. The van der Waals surface area contributed by atoms with Gasteiger partial charge in [0.05, 0.1) is 5.52 Å². The molecule has 8 nitrogen and oxygen atoms in total. The molecule has 4 rings (SSSR count). The number of carbonyl (C=O) groups is 3. The third-order valence-corrected chi connectivity index (χ3v) is 5.14. The summed E-state index contributed by atoms with van der Waals surface area (Å²) in [5, 5.41) is 0. The van der Waals surface area contributed by atoms with Gasteiger partial charge in [0, 0.05) is 45.1 Å². The Hall–Kier alpha value is -3.68. The number of piperazine rings is 1. The molecule has 0 aliphatic carbocycles. The highest BCUT2D eigenvalue weighted by Gasteiger charge is 2.28. The maximum absolute atomic E-state index is 13.1. The van der Waals surface area contributed by atoms with Gasteiger partial charge in [0.1, 0.15) is 0 Å². The lowest BCUT2D eigenvalue weighted by atomic mass is 10.2. The Labute approximate surface area is 168 Å². The van der Waals surface area contributed by atoms with Gasteiger partial charge in [-0.05, 0) is 24.3 Å². The summed E-state index contributed by atoms with van der Waals surface area (Å²) >= 11 is 0. The van der Waals surface area contributed by atoms with E-state index < -0.39 is 0 Å². The molecule has 148 valence electrons. The molecule has 3 heterocycles. The number of benzene rings is 1. The Morgan fingerprint density at radius 1 is 1.00 bits per heavy atom. The fraction of sp³-hybridized carbons (Fsp3) is 0.238. The van der Waals surface area contributed by atoms with Gasteiger partial charge in [0.15, 0.2) is 5.69 Å². The van der Waals surface area contributed by atoms with Crippen LogP contribution in [0.5, 0.6) is 0 Å². The Morgan fingerprint density at radius 2 is 1.69 bits per heavy atom. The topological polar surface area (TPSA) is 78.2 Å². The SMILES string of the molecule is CN(C(=O)c1nc(C(=O)N2CCN(C=O)CC2)n2ccccc12)c1ccccc1. The van der Waals surface area contributed by atoms with Gasteiger partial charge in [0.2, 0.25) is 12.2 Å². The predicted molar refractivity (Wildman–Crippen MR) is 108 cm³/mol. The summed E-state index contributed by atoms with van der Waals surface area (Å²) < 4.78 is 1.65. The molecule has 3 aromatic rings. The number of hydrogen-bond donors (Lipinski definition) is 0. The molecule has 8 heteroatoms. The van der Waals surface area contributed by atoms with E-state index in [1.165, 1.54) is 4.90 Å². The highest BCUT2D eigenvalue weighted by molar-refractivity contribution is 6.10. The van der Waals surface area contributed by atoms with Gasteiger partial charge in [-0.1, -0.05) is 24.3 Å². The van der Waals surface area contributed by atoms with E-state index in [0.29, 0.717) is 31.7 Å². The van der Waals surface area contributed by atoms with Crippen molar-refractivity contribution in [1.82, 2.24) is 19.2 Å². The molecule has 1 fully saturated rings. The number of nitrogens with zero attached hydrogens (tertiary/aromatic N) is 5. The molecule has 0 N–H and O–H groups in total. The summed E-state index contributed by atoms with van der Waals surface area (Å²) in [6.45, 7) is 1.85. The summed E-state index contributed by atoms with van der Waals surface area (Å²) in [7, 11) is 1.69. The monoisotopic (exact) mass is 391 g/mol. The van der Waals surface area contributed by atoms with Crippen molar-refractivity contribution in [1.29, 1.82) is 0 Å². The Kier molecular flexibility index (Phi) is 4.99. The molecule has 1 aliphatic heterocycles. The molecular weight excluding hydrogens is 370 g/mol. The molecule has 0 saturated carbocycles. The van der Waals surface area contributed by atoms with Crippen LogP contribution in [-0.4, -0.2) is 70.6 Å². The normalized spacial score (nSPS) is 14.1. The van der Waals surface area contributed by atoms with Gasteiger partial charge in [-0.15, -0.1) is 0 Å². The summed E-state index contributed by atoms with van der Waals surface area (Å²) in [5.41, 5.74) is 1.55. The number of aromatic nitrogens is 2. The van der Waals surface area contributed by atoms with Crippen LogP contribution < -0.4 is 4.90 Å². The van der Waals surface area contributed by atoms with Crippen LogP contribution in [0.2, 0.25) is 0 Å². The van der Waals surface area contributed by atoms with Crippen LogP contribution in [0.1, 0.15) is 21.1 Å². The molecule has 3 amide bonds. The predicted octanol–water partition coefficient (Wildman–Crippen LogP) is 1.53. The minimum Gasteiger partial charge on any atom is -0.342 e. The Morgan fingerprint density at radius 3 is 2.38 bits per heavy atom. The van der Waals surface area contributed by atoms with Crippen molar-refractivity contribution in [3.8, 4) is 0 Å². The first-order chi connectivity index (χ1) is 14.1. The van der Waals surface area contributed by atoms with E-state index in [9.17, 15) is 14.4 Å². The third-order valence-electron chi connectivity index (χ3n) is 5.14. The highest BCUT2D eigenvalue weighted by atomic mass is 16.2. The number of rotatable bonds is 4. The van der Waals surface area contributed by atoms with Crippen molar-refractivity contribution >= 4 is 29.4 Å². The first kappa shape index (κ1) is 18.7. The highest BCUT2D eigenvalue weighted by Crippen LogP contribution is 2.20. The number of hydrogen-bond acceptors (Lipinski definition) is 4. The average molecular weight is 391 g/mol. The van der Waals surface area contributed by atoms with Gasteiger partial charge < -0.3 is 14.7 Å². The van der Waals surface area contributed by atoms with Crippen LogP contribution >= 0.6 is 0 Å². The quantitative estimate of drug-likeness (QED) is 0.632. The Bertz CT molecular complexity index is 1050. The van der Waals surface area contributed by atoms with E-state index in [0.717, 1.165) is 12.1 Å². The summed E-state index contributed by atoms with van der Waals surface area (Å²) in [5.74, 6) is -0.340. The van der Waals surface area contributed by atoms with Crippen LogP contribution in [0.4, 0.5) is 5.69 Å². The molecule has 0 atom stereocenters. The van der Waals surface area contributed by atoms with Crippen molar-refractivity contribution < 1.29 is 14.4 Å². The number of fused-ring (bicyclic) bond motifs is 1. The Balaban J connectivity index is 1.68. The molecular formula is C21H21N5O3. The second-order valence-electron chi connectivity index (χ2n) is 6.87. The summed E-state index contributed by atoms with van der Waals surface area (Å²) in [6.07, 6.45) is 2.53. The number of pyridine rings is 1. The second-order valence-corrected chi connectivity index (χ2v) is 6.87. The van der Waals surface area contributed by atoms with E-state index >= 15 is 0 Å². The fourth-order valence-corrected chi connectivity index (χ4v) is 3.45. The number of carbonyl (C=O) groups excluding carboxylic acids is 3. The van der Waals surface area contributed by atoms with E-state index in [1.54, 1.807) is 39.6 Å². The van der Waals surface area contributed by atoms with Crippen LogP contribution in [0.3, 0.4) is 0 Å². The second kappa shape index (κ2) is 7.75. The standard InChI is InChI=1S/C21H21N5O3/c1-23(16-7-3-2-4-8-16)20(28)18-17-9-5-6-10-26(17)19(22-18)21(29)25-13-11-24(15-27)12-14-25/h2-10,15H,11-14H2,1H3. The molecule has 0 unspecified atom stereocenters. The van der Waals surface area contributed by atoms with Gasteiger partial charge in [-0.2, -0.15) is 0 Å². The van der Waals surface area contributed by atoms with Gasteiger partial charge >= 0.3 is 0 Å². The number of imidazole rings is 1. The molecule has 1 saturated heterocycles. The van der Waals surface area contributed by atoms with Crippen LogP contribution in [0, 0.1) is 0 Å². The molecule has 0 radical (unpaired) electrons. The van der Waals surface area contributed by atoms with Crippen molar-refractivity contribution in [3.05, 3.63) is 66.2 Å². The van der Waals surface area contributed by atoms with Crippen LogP contribution in [0.15, 0.2) is 54.7 Å². The maximum Gasteiger partial charge on any atom is 0.290 e. The summed E-state index contributed by atoms with van der Waals surface area (Å²) in [6, 6.07) is 14.7. The number of amides is 3. The van der Waals surface area contributed by atoms with Crippen molar-refractivity contribution in [3.63, 3.8) is 0 Å². The third kappa shape index (κ3) is 3.44. The first-order valence-corrected chi connectivity index (χ1v) is 9.39. The van der Waals surface area contributed by atoms with Crippen LogP contribution in [-0.2, 0) is 4.79 Å². The number of para-hydroxylation sites is 1. The van der Waals surface area contributed by atoms with Crippen molar-refractivity contribution in [2.75, 3.05) is 38.1 Å². The molecule has 29 heavy (non-hydrogen) atoms. The number of anilines is 1. The van der Waals surface area contributed by atoms with E-state index in [2.05, 4.69) is 4.98 Å². The molecule has 2 aromatic heterocycles. The van der Waals surface area contributed by atoms with Gasteiger partial charge in [0.25, 0.3) is 11.8 Å². The first-order valence-electron chi connectivity index (χ1n) is 9.39. The minimum absolute atomic E-state index is 0.199. The van der Waals surface area contributed by atoms with E-state index in [1.807, 2.05) is 36.4 Å². The lowest BCUT2D eigenvalue weighted by molar-refractivity contribution is -0.119. The van der Waals surface area contributed by atoms with E-state index in [4.69, 9.17) is 0 Å². The summed E-state index contributed by atoms with van der Waals surface area (Å²) in [4.78, 5) is 46.4. The largest absolute Gasteiger partial charge is 0.342 e. The molecule has 0 spiro atoms. The average Bonchev–Trinajstić information content (AvgIpc) is 3.18. The maximum atomic E-state index is 13.1. The lowest BCUT2D eigenvalue weighted by Gasteiger charge is -2.32. The van der Waals surface area contributed by atoms with Crippen molar-refractivity contribution in [2.45, 2.75) is 0 Å². The van der Waals surface area contributed by atoms with Crippen molar-refractivity contribution in [2.24, 2.45) is 0 Å². The zero-order chi connectivity index (χ0) is 20.4. The smallest absolute Gasteiger partial charge is 0.290 e. The molecule has 0 bridgehead atoms. The van der Waals surface area contributed by atoms with Crippen LogP contribution in [0.25, 0.3) is 5.52 Å². The van der Waals surface area contributed by atoms with Gasteiger partial charge in [-0.25, -0.2) is 4.98 Å². The zero-order valence-electron chi connectivity index (χ0n) is 16.1. The minimum atomic E-state index is -0.287. The molecule has 1 aliphatic rings. The lowest BCUT2D eigenvalue weighted by Crippen LogP contribution is -2.48. The van der Waals surface area contributed by atoms with E-state index in [-0.39, 0.29) is 23.3 Å². The molecule has 1 aromatic carbocycles. The van der Waals surface area contributed by atoms with Gasteiger partial charge in [-0.3, -0.25) is 18.8 Å². The zero-order valence-corrected chi connectivity index (χ0v) is 16.1.